The number of amides is 2. The Morgan fingerprint density at radius 1 is 1.56 bits per heavy atom. The SMILES string of the molecule is CC(CCC(=O)O)NC(=O)NCCc1ncno1. The van der Waals surface area contributed by atoms with Crippen molar-refractivity contribution in [3.63, 3.8) is 0 Å². The quantitative estimate of drug-likeness (QED) is 0.640. The molecule has 0 bridgehead atoms. The topological polar surface area (TPSA) is 117 Å². The molecule has 8 nitrogen and oxygen atoms in total. The summed E-state index contributed by atoms with van der Waals surface area (Å²) >= 11 is 0. The lowest BCUT2D eigenvalue weighted by Crippen LogP contribution is -2.41. The number of rotatable bonds is 7. The Kier molecular flexibility index (Phi) is 5.62. The van der Waals surface area contributed by atoms with Gasteiger partial charge in [-0.2, -0.15) is 4.98 Å². The van der Waals surface area contributed by atoms with Crippen LogP contribution in [0.4, 0.5) is 4.79 Å². The highest BCUT2D eigenvalue weighted by molar-refractivity contribution is 5.74. The third-order valence-electron chi connectivity index (χ3n) is 2.20. The fourth-order valence-electron chi connectivity index (χ4n) is 1.28. The molecule has 8 heteroatoms. The van der Waals surface area contributed by atoms with Gasteiger partial charge in [0.1, 0.15) is 0 Å². The van der Waals surface area contributed by atoms with Gasteiger partial charge < -0.3 is 20.3 Å². The standard InChI is InChI=1S/C10H16N4O4/c1-7(2-3-9(15)16)14-10(17)11-5-4-8-12-6-13-18-8/h6-7H,2-5H2,1H3,(H,15,16)(H2,11,14,17). The monoisotopic (exact) mass is 256 g/mol. The van der Waals surface area contributed by atoms with E-state index in [0.717, 1.165) is 0 Å². The van der Waals surface area contributed by atoms with Crippen molar-refractivity contribution in [1.82, 2.24) is 20.8 Å². The molecule has 1 aromatic rings. The van der Waals surface area contributed by atoms with Crippen LogP contribution in [0.15, 0.2) is 10.9 Å². The maximum atomic E-state index is 11.4. The number of carboxylic acids is 1. The summed E-state index contributed by atoms with van der Waals surface area (Å²) < 4.78 is 4.76. The van der Waals surface area contributed by atoms with Crippen molar-refractivity contribution in [1.29, 1.82) is 0 Å². The van der Waals surface area contributed by atoms with Crippen molar-refractivity contribution in [2.24, 2.45) is 0 Å². The average Bonchev–Trinajstić information content (AvgIpc) is 2.79. The smallest absolute Gasteiger partial charge is 0.315 e. The van der Waals surface area contributed by atoms with Crippen molar-refractivity contribution in [3.8, 4) is 0 Å². The third-order valence-corrected chi connectivity index (χ3v) is 2.20. The van der Waals surface area contributed by atoms with Gasteiger partial charge in [0.2, 0.25) is 5.89 Å². The summed E-state index contributed by atoms with van der Waals surface area (Å²) in [7, 11) is 0. The van der Waals surface area contributed by atoms with Gasteiger partial charge >= 0.3 is 12.0 Å². The van der Waals surface area contributed by atoms with Gasteiger partial charge in [-0.15, -0.1) is 0 Å². The fourth-order valence-corrected chi connectivity index (χ4v) is 1.28. The van der Waals surface area contributed by atoms with E-state index in [1.165, 1.54) is 6.33 Å². The number of carboxylic acid groups (broad SMARTS) is 1. The second-order valence-corrected chi connectivity index (χ2v) is 3.82. The van der Waals surface area contributed by atoms with Crippen LogP contribution in [-0.2, 0) is 11.2 Å². The molecule has 1 unspecified atom stereocenters. The Balaban J connectivity index is 2.11. The van der Waals surface area contributed by atoms with Crippen LogP contribution in [0.2, 0.25) is 0 Å². The van der Waals surface area contributed by atoms with Crippen LogP contribution in [0.3, 0.4) is 0 Å². The van der Waals surface area contributed by atoms with Crippen LogP contribution in [-0.4, -0.2) is 39.8 Å². The van der Waals surface area contributed by atoms with Gasteiger partial charge in [0.05, 0.1) is 0 Å². The molecule has 0 saturated carbocycles. The average molecular weight is 256 g/mol. The zero-order chi connectivity index (χ0) is 13.4. The molecule has 0 aromatic carbocycles. The summed E-state index contributed by atoms with van der Waals surface area (Å²) in [6, 6.07) is -0.531. The number of aliphatic carboxylic acids is 1. The van der Waals surface area contributed by atoms with Gasteiger partial charge in [-0.05, 0) is 13.3 Å². The highest BCUT2D eigenvalue weighted by Crippen LogP contribution is 1.96. The van der Waals surface area contributed by atoms with Crippen molar-refractivity contribution < 1.29 is 19.2 Å². The highest BCUT2D eigenvalue weighted by atomic mass is 16.5. The van der Waals surface area contributed by atoms with E-state index in [0.29, 0.717) is 25.3 Å². The lowest BCUT2D eigenvalue weighted by atomic mass is 10.2. The maximum Gasteiger partial charge on any atom is 0.315 e. The molecule has 0 fully saturated rings. The summed E-state index contributed by atoms with van der Waals surface area (Å²) in [5, 5.41) is 17.2. The molecule has 100 valence electrons. The predicted molar refractivity (Wildman–Crippen MR) is 60.9 cm³/mol. The highest BCUT2D eigenvalue weighted by Gasteiger charge is 2.09. The lowest BCUT2D eigenvalue weighted by Gasteiger charge is -2.13. The van der Waals surface area contributed by atoms with E-state index in [2.05, 4.69) is 20.8 Å². The van der Waals surface area contributed by atoms with Crippen LogP contribution < -0.4 is 10.6 Å². The summed E-state index contributed by atoms with van der Waals surface area (Å²) in [6.07, 6.45) is 2.18. The first-order valence-electron chi connectivity index (χ1n) is 5.59. The van der Waals surface area contributed by atoms with Crippen LogP contribution in [0.1, 0.15) is 25.7 Å². The Labute approximate surface area is 104 Å². The first-order valence-corrected chi connectivity index (χ1v) is 5.59. The van der Waals surface area contributed by atoms with Crippen molar-refractivity contribution in [2.45, 2.75) is 32.2 Å². The number of nitrogens with zero attached hydrogens (tertiary/aromatic N) is 2. The van der Waals surface area contributed by atoms with Crippen LogP contribution in [0.25, 0.3) is 0 Å². The zero-order valence-electron chi connectivity index (χ0n) is 10.0. The minimum absolute atomic E-state index is 0.0312. The summed E-state index contributed by atoms with van der Waals surface area (Å²) in [5.41, 5.74) is 0. The normalized spacial score (nSPS) is 11.8. The number of hydrogen-bond donors (Lipinski definition) is 3. The van der Waals surface area contributed by atoms with Gasteiger partial charge in [0.15, 0.2) is 6.33 Å². The lowest BCUT2D eigenvalue weighted by molar-refractivity contribution is -0.137. The van der Waals surface area contributed by atoms with E-state index >= 15 is 0 Å². The number of nitrogens with one attached hydrogen (secondary N) is 2. The molecule has 1 atom stereocenters. The molecule has 0 aliphatic rings. The van der Waals surface area contributed by atoms with E-state index in [9.17, 15) is 9.59 Å². The van der Waals surface area contributed by atoms with Gasteiger partial charge in [-0.3, -0.25) is 4.79 Å². The first kappa shape index (κ1) is 13.9. The van der Waals surface area contributed by atoms with Crippen LogP contribution >= 0.6 is 0 Å². The van der Waals surface area contributed by atoms with Crippen molar-refractivity contribution >= 4 is 12.0 Å². The molecule has 0 aliphatic carbocycles. The summed E-state index contributed by atoms with van der Waals surface area (Å²) in [5.74, 6) is -0.422. The molecule has 0 aliphatic heterocycles. The van der Waals surface area contributed by atoms with E-state index in [1.54, 1.807) is 6.92 Å². The van der Waals surface area contributed by atoms with E-state index in [4.69, 9.17) is 9.63 Å². The molecule has 1 aromatic heterocycles. The van der Waals surface area contributed by atoms with Gasteiger partial charge in [0.25, 0.3) is 0 Å². The minimum Gasteiger partial charge on any atom is -0.481 e. The van der Waals surface area contributed by atoms with Crippen molar-refractivity contribution in [2.75, 3.05) is 6.54 Å². The van der Waals surface area contributed by atoms with Crippen LogP contribution in [0.5, 0.6) is 0 Å². The zero-order valence-corrected chi connectivity index (χ0v) is 10.0. The second-order valence-electron chi connectivity index (χ2n) is 3.82. The first-order chi connectivity index (χ1) is 8.58. The number of hydrogen-bond acceptors (Lipinski definition) is 5. The number of urea groups is 1. The molecule has 1 rings (SSSR count). The van der Waals surface area contributed by atoms with Gasteiger partial charge in [-0.25, -0.2) is 4.79 Å². The summed E-state index contributed by atoms with van der Waals surface area (Å²) in [4.78, 5) is 25.5. The van der Waals surface area contributed by atoms with E-state index in [1.807, 2.05) is 0 Å². The summed E-state index contributed by atoms with van der Waals surface area (Å²) in [6.45, 7) is 2.13. The number of aromatic nitrogens is 2. The van der Waals surface area contributed by atoms with E-state index in [-0.39, 0.29) is 18.5 Å². The molecule has 18 heavy (non-hydrogen) atoms. The van der Waals surface area contributed by atoms with E-state index < -0.39 is 5.97 Å². The van der Waals surface area contributed by atoms with Gasteiger partial charge in [-0.1, -0.05) is 5.16 Å². The number of carbonyl (C=O) groups is 2. The Bertz CT molecular complexity index is 379. The van der Waals surface area contributed by atoms with Crippen LogP contribution in [0, 0.1) is 0 Å². The molecule has 2 amide bonds. The number of carbonyl (C=O) groups excluding carboxylic acids is 1. The molecule has 1 heterocycles. The Morgan fingerprint density at radius 2 is 2.33 bits per heavy atom. The van der Waals surface area contributed by atoms with Crippen molar-refractivity contribution in [3.05, 3.63) is 12.2 Å². The Morgan fingerprint density at radius 3 is 2.94 bits per heavy atom. The molecule has 3 N–H and O–H groups in total. The molecular formula is C10H16N4O4. The molecule has 0 saturated heterocycles. The fraction of sp³-hybridized carbons (Fsp3) is 0.600. The Hall–Kier alpha value is -2.12. The third kappa shape index (κ3) is 5.83. The largest absolute Gasteiger partial charge is 0.481 e. The molecule has 0 spiro atoms. The minimum atomic E-state index is -0.875. The predicted octanol–water partition coefficient (Wildman–Crippen LogP) is 0.165. The maximum absolute atomic E-state index is 11.4. The molecule has 0 radical (unpaired) electrons. The second kappa shape index (κ2) is 7.25. The van der Waals surface area contributed by atoms with Gasteiger partial charge in [0, 0.05) is 25.4 Å². The molecular weight excluding hydrogens is 240 g/mol.